The van der Waals surface area contributed by atoms with Crippen molar-refractivity contribution < 1.29 is 13.6 Å². The number of halogens is 1. The standard InChI is InChI=1S/C18H14FNO2/c1-12-5-4-6-13(11-12)20-18(21)17-10-9-16(22-17)14-7-2-3-8-15(14)19/h2-11H,1H3,(H,20,21). The number of hydrogen-bond donors (Lipinski definition) is 1. The van der Waals surface area contributed by atoms with Gasteiger partial charge in [-0.1, -0.05) is 24.3 Å². The highest BCUT2D eigenvalue weighted by molar-refractivity contribution is 6.02. The molecule has 0 radical (unpaired) electrons. The van der Waals surface area contributed by atoms with Gasteiger partial charge in [-0.05, 0) is 48.9 Å². The van der Waals surface area contributed by atoms with Gasteiger partial charge >= 0.3 is 0 Å². The van der Waals surface area contributed by atoms with Gasteiger partial charge in [0.15, 0.2) is 5.76 Å². The molecule has 3 rings (SSSR count). The first-order chi connectivity index (χ1) is 10.6. The van der Waals surface area contributed by atoms with Gasteiger partial charge in [0.2, 0.25) is 0 Å². The fraction of sp³-hybridized carbons (Fsp3) is 0.0556. The van der Waals surface area contributed by atoms with Crippen LogP contribution in [-0.2, 0) is 0 Å². The zero-order valence-corrected chi connectivity index (χ0v) is 12.0. The highest BCUT2D eigenvalue weighted by Crippen LogP contribution is 2.25. The van der Waals surface area contributed by atoms with E-state index in [1.807, 2.05) is 25.1 Å². The lowest BCUT2D eigenvalue weighted by Gasteiger charge is -2.04. The minimum Gasteiger partial charge on any atom is -0.451 e. The van der Waals surface area contributed by atoms with E-state index in [0.29, 0.717) is 17.0 Å². The van der Waals surface area contributed by atoms with E-state index in [4.69, 9.17) is 4.42 Å². The second-order valence-corrected chi connectivity index (χ2v) is 4.97. The average Bonchev–Trinajstić information content (AvgIpc) is 2.97. The van der Waals surface area contributed by atoms with Crippen molar-refractivity contribution in [3.05, 3.63) is 77.8 Å². The van der Waals surface area contributed by atoms with Crippen LogP contribution in [0, 0.1) is 12.7 Å². The molecule has 0 aliphatic heterocycles. The second kappa shape index (κ2) is 5.85. The molecule has 0 saturated heterocycles. The molecule has 110 valence electrons. The number of carbonyl (C=O) groups is 1. The van der Waals surface area contributed by atoms with Crippen LogP contribution in [0.3, 0.4) is 0 Å². The maximum atomic E-state index is 13.7. The van der Waals surface area contributed by atoms with E-state index < -0.39 is 0 Å². The highest BCUT2D eigenvalue weighted by atomic mass is 19.1. The van der Waals surface area contributed by atoms with Crippen molar-refractivity contribution in [1.29, 1.82) is 0 Å². The number of amides is 1. The molecule has 0 spiro atoms. The molecule has 0 aliphatic carbocycles. The number of rotatable bonds is 3. The van der Waals surface area contributed by atoms with Gasteiger partial charge in [0.1, 0.15) is 11.6 Å². The average molecular weight is 295 g/mol. The number of aryl methyl sites for hydroxylation is 1. The van der Waals surface area contributed by atoms with E-state index in [-0.39, 0.29) is 17.5 Å². The number of anilines is 1. The van der Waals surface area contributed by atoms with E-state index in [1.165, 1.54) is 12.1 Å². The summed E-state index contributed by atoms with van der Waals surface area (Å²) in [6.45, 7) is 1.94. The van der Waals surface area contributed by atoms with Crippen LogP contribution in [-0.4, -0.2) is 5.91 Å². The Balaban J connectivity index is 1.82. The molecule has 1 N–H and O–H groups in total. The first-order valence-corrected chi connectivity index (χ1v) is 6.86. The van der Waals surface area contributed by atoms with Gasteiger partial charge in [0.05, 0.1) is 5.56 Å². The summed E-state index contributed by atoms with van der Waals surface area (Å²) in [5.74, 6) is -0.289. The zero-order valence-electron chi connectivity index (χ0n) is 12.0. The molecule has 1 heterocycles. The summed E-state index contributed by atoms with van der Waals surface area (Å²) < 4.78 is 19.2. The molecular weight excluding hydrogens is 281 g/mol. The highest BCUT2D eigenvalue weighted by Gasteiger charge is 2.14. The molecule has 0 atom stereocenters. The van der Waals surface area contributed by atoms with E-state index in [0.717, 1.165) is 5.56 Å². The van der Waals surface area contributed by atoms with Crippen LogP contribution in [0.5, 0.6) is 0 Å². The Labute approximate surface area is 127 Å². The lowest BCUT2D eigenvalue weighted by molar-refractivity contribution is 0.0997. The Morgan fingerprint density at radius 3 is 2.64 bits per heavy atom. The third-order valence-electron chi connectivity index (χ3n) is 3.25. The van der Waals surface area contributed by atoms with E-state index in [2.05, 4.69) is 5.32 Å². The van der Waals surface area contributed by atoms with Crippen LogP contribution < -0.4 is 5.32 Å². The van der Waals surface area contributed by atoms with E-state index in [9.17, 15) is 9.18 Å². The number of hydrogen-bond acceptors (Lipinski definition) is 2. The van der Waals surface area contributed by atoms with Crippen molar-refractivity contribution in [2.75, 3.05) is 5.32 Å². The largest absolute Gasteiger partial charge is 0.451 e. The summed E-state index contributed by atoms with van der Waals surface area (Å²) in [5, 5.41) is 2.75. The van der Waals surface area contributed by atoms with Gasteiger partial charge in [0.25, 0.3) is 5.91 Å². The molecule has 1 aromatic heterocycles. The number of carbonyl (C=O) groups excluding carboxylic acids is 1. The minimum atomic E-state index is -0.387. The van der Waals surface area contributed by atoms with Crippen LogP contribution in [0.4, 0.5) is 10.1 Å². The van der Waals surface area contributed by atoms with E-state index >= 15 is 0 Å². The molecule has 3 aromatic rings. The lowest BCUT2D eigenvalue weighted by atomic mass is 10.1. The number of benzene rings is 2. The Bertz CT molecular complexity index is 823. The van der Waals surface area contributed by atoms with Crippen LogP contribution in [0.2, 0.25) is 0 Å². The van der Waals surface area contributed by atoms with Crippen LogP contribution in [0.15, 0.2) is 65.1 Å². The fourth-order valence-corrected chi connectivity index (χ4v) is 2.18. The monoisotopic (exact) mass is 295 g/mol. The first-order valence-electron chi connectivity index (χ1n) is 6.86. The Kier molecular flexibility index (Phi) is 3.74. The van der Waals surface area contributed by atoms with Crippen molar-refractivity contribution in [2.45, 2.75) is 6.92 Å². The first kappa shape index (κ1) is 14.1. The fourth-order valence-electron chi connectivity index (χ4n) is 2.18. The van der Waals surface area contributed by atoms with Gasteiger partial charge in [-0.25, -0.2) is 4.39 Å². The Morgan fingerprint density at radius 1 is 1.05 bits per heavy atom. The van der Waals surface area contributed by atoms with Gasteiger partial charge < -0.3 is 9.73 Å². The molecule has 0 fully saturated rings. The molecule has 0 unspecified atom stereocenters. The third-order valence-corrected chi connectivity index (χ3v) is 3.25. The predicted octanol–water partition coefficient (Wildman–Crippen LogP) is 4.65. The smallest absolute Gasteiger partial charge is 0.291 e. The molecule has 22 heavy (non-hydrogen) atoms. The van der Waals surface area contributed by atoms with Gasteiger partial charge in [-0.3, -0.25) is 4.79 Å². The van der Waals surface area contributed by atoms with E-state index in [1.54, 1.807) is 30.3 Å². The Hall–Kier alpha value is -2.88. The second-order valence-electron chi connectivity index (χ2n) is 4.97. The summed E-state index contributed by atoms with van der Waals surface area (Å²) in [6.07, 6.45) is 0. The Morgan fingerprint density at radius 2 is 1.86 bits per heavy atom. The molecule has 2 aromatic carbocycles. The molecule has 0 bridgehead atoms. The van der Waals surface area contributed by atoms with Gasteiger partial charge in [-0.2, -0.15) is 0 Å². The molecular formula is C18H14FNO2. The van der Waals surface area contributed by atoms with Crippen molar-refractivity contribution in [2.24, 2.45) is 0 Å². The maximum Gasteiger partial charge on any atom is 0.291 e. The summed E-state index contributed by atoms with van der Waals surface area (Å²) in [5.41, 5.74) is 2.07. The normalized spacial score (nSPS) is 10.5. The van der Waals surface area contributed by atoms with Crippen molar-refractivity contribution in [1.82, 2.24) is 0 Å². The van der Waals surface area contributed by atoms with Crippen LogP contribution >= 0.6 is 0 Å². The summed E-state index contributed by atoms with van der Waals surface area (Å²) >= 11 is 0. The molecule has 3 nitrogen and oxygen atoms in total. The molecule has 4 heteroatoms. The summed E-state index contributed by atoms with van der Waals surface area (Å²) in [4.78, 5) is 12.2. The molecule has 0 aliphatic rings. The molecule has 0 saturated carbocycles. The quantitative estimate of drug-likeness (QED) is 0.764. The van der Waals surface area contributed by atoms with Crippen LogP contribution in [0.25, 0.3) is 11.3 Å². The summed E-state index contributed by atoms with van der Waals surface area (Å²) in [7, 11) is 0. The topological polar surface area (TPSA) is 42.2 Å². The van der Waals surface area contributed by atoms with Crippen molar-refractivity contribution >= 4 is 11.6 Å². The third kappa shape index (κ3) is 2.91. The minimum absolute atomic E-state index is 0.139. The summed E-state index contributed by atoms with van der Waals surface area (Å²) in [6, 6.07) is 16.9. The number of nitrogens with one attached hydrogen (secondary N) is 1. The predicted molar refractivity (Wildman–Crippen MR) is 83.2 cm³/mol. The van der Waals surface area contributed by atoms with Crippen molar-refractivity contribution in [3.63, 3.8) is 0 Å². The molecule has 1 amide bonds. The SMILES string of the molecule is Cc1cccc(NC(=O)c2ccc(-c3ccccc3F)o2)c1. The van der Waals surface area contributed by atoms with Gasteiger partial charge in [-0.15, -0.1) is 0 Å². The lowest BCUT2D eigenvalue weighted by Crippen LogP contribution is -2.10. The van der Waals surface area contributed by atoms with Gasteiger partial charge in [0, 0.05) is 5.69 Å². The van der Waals surface area contributed by atoms with Crippen molar-refractivity contribution in [3.8, 4) is 11.3 Å². The zero-order chi connectivity index (χ0) is 15.5. The van der Waals surface area contributed by atoms with Crippen LogP contribution in [0.1, 0.15) is 16.1 Å². The number of furan rings is 1. The maximum absolute atomic E-state index is 13.7.